The average molecular weight is 756 g/mol. The number of carbonyl (C=O) groups excluding carboxylic acids is 4. The molecule has 1 aliphatic carbocycles. The summed E-state index contributed by atoms with van der Waals surface area (Å²) < 4.78 is 23.4. The van der Waals surface area contributed by atoms with Crippen molar-refractivity contribution in [1.29, 1.82) is 0 Å². The number of amides is 4. The quantitative estimate of drug-likeness (QED) is 0.221. The Kier molecular flexibility index (Phi) is 7.92. The van der Waals surface area contributed by atoms with Crippen LogP contribution < -0.4 is 20.7 Å². The van der Waals surface area contributed by atoms with Crippen LogP contribution in [0.2, 0.25) is 0 Å². The molecule has 3 saturated heterocycles. The summed E-state index contributed by atoms with van der Waals surface area (Å²) in [5, 5.41) is 8.03. The number of carbonyl (C=O) groups is 4. The van der Waals surface area contributed by atoms with E-state index in [-0.39, 0.29) is 47.2 Å². The third-order valence-electron chi connectivity index (χ3n) is 12.3. The van der Waals surface area contributed by atoms with Gasteiger partial charge in [-0.25, -0.2) is 19.0 Å². The number of nitrogens with one attached hydrogen (secondary N) is 1. The summed E-state index contributed by atoms with van der Waals surface area (Å²) in [4.78, 5) is 64.6. The number of likely N-dealkylation sites (tertiary alicyclic amines) is 1. The first-order chi connectivity index (χ1) is 27.1. The predicted molar refractivity (Wildman–Crippen MR) is 202 cm³/mol. The Morgan fingerprint density at radius 2 is 1.54 bits per heavy atom. The van der Waals surface area contributed by atoms with Gasteiger partial charge in [-0.15, -0.1) is 0 Å². The molecule has 0 bridgehead atoms. The van der Waals surface area contributed by atoms with E-state index in [2.05, 4.69) is 20.2 Å². The predicted octanol–water partition coefficient (Wildman–Crippen LogP) is 4.71. The zero-order chi connectivity index (χ0) is 38.3. The van der Waals surface area contributed by atoms with Gasteiger partial charge in [-0.05, 0) is 86.1 Å². The van der Waals surface area contributed by atoms with Gasteiger partial charge in [0, 0.05) is 44.2 Å². The van der Waals surface area contributed by atoms with Crippen LogP contribution in [0.3, 0.4) is 0 Å². The van der Waals surface area contributed by atoms with Crippen molar-refractivity contribution in [3.63, 3.8) is 0 Å². The van der Waals surface area contributed by atoms with Gasteiger partial charge in [-0.2, -0.15) is 5.10 Å². The van der Waals surface area contributed by atoms with Crippen LogP contribution in [-0.4, -0.2) is 91.4 Å². The van der Waals surface area contributed by atoms with Crippen LogP contribution in [0.4, 0.5) is 15.9 Å². The molecule has 6 heterocycles. The molecule has 284 valence electrons. The van der Waals surface area contributed by atoms with Crippen LogP contribution in [-0.2, 0) is 9.59 Å². The molecule has 3 N–H and O–H groups in total. The van der Waals surface area contributed by atoms with Crippen molar-refractivity contribution in [3.8, 4) is 22.8 Å². The van der Waals surface area contributed by atoms with E-state index in [9.17, 15) is 19.2 Å². The van der Waals surface area contributed by atoms with Gasteiger partial charge in [0.05, 0.1) is 28.2 Å². The average Bonchev–Trinajstić information content (AvgIpc) is 3.67. The lowest BCUT2D eigenvalue weighted by molar-refractivity contribution is -0.136. The van der Waals surface area contributed by atoms with Gasteiger partial charge in [-0.1, -0.05) is 18.2 Å². The van der Waals surface area contributed by atoms with Crippen molar-refractivity contribution in [3.05, 3.63) is 90.0 Å². The maximum absolute atomic E-state index is 15.4. The van der Waals surface area contributed by atoms with E-state index in [1.807, 2.05) is 64.2 Å². The van der Waals surface area contributed by atoms with Gasteiger partial charge in [0.2, 0.25) is 11.8 Å². The smallest absolute Gasteiger partial charge is 0.262 e. The van der Waals surface area contributed by atoms with Crippen molar-refractivity contribution in [2.24, 2.45) is 5.41 Å². The molecule has 3 aromatic carbocycles. The first kappa shape index (κ1) is 34.3. The Labute approximate surface area is 320 Å². The van der Waals surface area contributed by atoms with Crippen LogP contribution in [0.15, 0.2) is 73.1 Å². The molecule has 1 saturated carbocycles. The van der Waals surface area contributed by atoms with Crippen molar-refractivity contribution in [2.75, 3.05) is 36.8 Å². The summed E-state index contributed by atoms with van der Waals surface area (Å²) in [6, 6.07) is 19.3. The van der Waals surface area contributed by atoms with E-state index in [1.54, 1.807) is 0 Å². The molecule has 4 amide bonds. The van der Waals surface area contributed by atoms with E-state index in [0.29, 0.717) is 18.9 Å². The highest BCUT2D eigenvalue weighted by atomic mass is 19.1. The first-order valence-corrected chi connectivity index (χ1v) is 19.0. The molecular formula is C41H38FN9O5. The molecule has 4 fully saturated rings. The van der Waals surface area contributed by atoms with Crippen molar-refractivity contribution >= 4 is 46.2 Å². The number of hydrogen-bond donors (Lipinski definition) is 2. The molecule has 14 nitrogen and oxygen atoms in total. The molecule has 5 aliphatic rings. The lowest BCUT2D eigenvalue weighted by atomic mass is 9.66. The number of ether oxygens (including phenoxy) is 1. The number of benzene rings is 3. The Morgan fingerprint density at radius 3 is 2.25 bits per heavy atom. The van der Waals surface area contributed by atoms with Crippen molar-refractivity contribution in [2.45, 2.75) is 56.7 Å². The maximum atomic E-state index is 15.4. The van der Waals surface area contributed by atoms with E-state index < -0.39 is 35.5 Å². The van der Waals surface area contributed by atoms with Gasteiger partial charge in [0.1, 0.15) is 41.2 Å². The fraction of sp³-hybridized carbons (Fsp3) is 0.341. The first-order valence-electron chi connectivity index (χ1n) is 19.0. The molecule has 5 aromatic rings. The number of nitrogens with zero attached hydrogens (tertiary/aromatic N) is 7. The minimum Gasteiger partial charge on any atom is -0.457 e. The minimum absolute atomic E-state index is 0.0207. The summed E-state index contributed by atoms with van der Waals surface area (Å²) in [5.41, 5.74) is 9.32. The fourth-order valence-corrected chi connectivity index (χ4v) is 9.21. The summed E-state index contributed by atoms with van der Waals surface area (Å²) in [5.74, 6) is -1.20. The number of hydrogen-bond acceptors (Lipinski definition) is 11. The molecule has 2 aromatic heterocycles. The van der Waals surface area contributed by atoms with E-state index in [4.69, 9.17) is 15.6 Å². The molecular weight excluding hydrogens is 718 g/mol. The Morgan fingerprint density at radius 1 is 0.839 bits per heavy atom. The van der Waals surface area contributed by atoms with Gasteiger partial charge >= 0.3 is 0 Å². The molecule has 15 heteroatoms. The molecule has 1 atom stereocenters. The number of aromatic nitrogens is 4. The zero-order valence-corrected chi connectivity index (χ0v) is 30.4. The zero-order valence-electron chi connectivity index (χ0n) is 30.4. The van der Waals surface area contributed by atoms with Crippen LogP contribution in [0, 0.1) is 11.2 Å². The standard InChI is InChI=1S/C41H38FN9O5/c42-30-16-28-29(40(55)50(39(28)54)31-10-11-33(52)46-38(31)53)17-32(30)48-18-25(19-48)49-20-41(21-49)14-12-24(13-15-41)51-37-34(36(43)44-22-45-37)35(47-51)23-6-8-27(9-7-23)56-26-4-2-1-3-5-26/h1-9,16-17,22,24-25,31H,10-15,18-21H2,(H2,43,44,45)(H,46,52,53). The van der Waals surface area contributed by atoms with Crippen LogP contribution >= 0.6 is 0 Å². The fourth-order valence-electron chi connectivity index (χ4n) is 9.21. The van der Waals surface area contributed by atoms with Crippen LogP contribution in [0.25, 0.3) is 22.3 Å². The Bertz CT molecular complexity index is 2430. The minimum atomic E-state index is -1.09. The third kappa shape index (κ3) is 5.59. The summed E-state index contributed by atoms with van der Waals surface area (Å²) in [7, 11) is 0. The van der Waals surface area contributed by atoms with Crippen molar-refractivity contribution in [1.82, 2.24) is 34.9 Å². The number of fused-ring (bicyclic) bond motifs is 2. The van der Waals surface area contributed by atoms with Gasteiger partial charge in [0.25, 0.3) is 11.8 Å². The molecule has 0 radical (unpaired) electrons. The summed E-state index contributed by atoms with van der Waals surface area (Å²) in [6.07, 6.45) is 5.57. The second-order valence-electron chi connectivity index (χ2n) is 15.7. The highest BCUT2D eigenvalue weighted by Gasteiger charge is 2.51. The number of nitrogen functional groups attached to an aromatic ring is 1. The molecule has 1 unspecified atom stereocenters. The normalized spacial score (nSPS) is 21.3. The topological polar surface area (TPSA) is 169 Å². The summed E-state index contributed by atoms with van der Waals surface area (Å²) >= 11 is 0. The second kappa shape index (κ2) is 12.9. The highest BCUT2D eigenvalue weighted by Crippen LogP contribution is 2.49. The number of imide groups is 2. The number of nitrogens with two attached hydrogens (primary N) is 1. The number of rotatable bonds is 7. The largest absolute Gasteiger partial charge is 0.457 e. The van der Waals surface area contributed by atoms with Gasteiger partial charge in [0.15, 0.2) is 5.65 Å². The monoisotopic (exact) mass is 755 g/mol. The van der Waals surface area contributed by atoms with Gasteiger partial charge in [-0.3, -0.25) is 34.3 Å². The third-order valence-corrected chi connectivity index (χ3v) is 12.3. The number of piperidine rings is 1. The Balaban J connectivity index is 0.774. The lowest BCUT2D eigenvalue weighted by Gasteiger charge is -2.59. The van der Waals surface area contributed by atoms with E-state index in [1.165, 1.54) is 12.4 Å². The van der Waals surface area contributed by atoms with E-state index >= 15 is 4.39 Å². The molecule has 1 spiro atoms. The second-order valence-corrected chi connectivity index (χ2v) is 15.7. The number of halogens is 1. The molecule has 56 heavy (non-hydrogen) atoms. The van der Waals surface area contributed by atoms with Crippen molar-refractivity contribution < 1.29 is 28.3 Å². The lowest BCUT2D eigenvalue weighted by Crippen LogP contribution is -2.69. The number of anilines is 2. The van der Waals surface area contributed by atoms with Crippen LogP contribution in [0.1, 0.15) is 65.3 Å². The summed E-state index contributed by atoms with van der Waals surface area (Å²) in [6.45, 7) is 3.15. The number of para-hydroxylation sites is 1. The Hall–Kier alpha value is -6.22. The maximum Gasteiger partial charge on any atom is 0.262 e. The van der Waals surface area contributed by atoms with Crippen LogP contribution in [0.5, 0.6) is 11.5 Å². The molecule has 10 rings (SSSR count). The molecule has 4 aliphatic heterocycles. The van der Waals surface area contributed by atoms with Gasteiger partial charge < -0.3 is 15.4 Å². The SMILES string of the molecule is Nc1ncnc2c1c(-c1ccc(Oc3ccccc3)cc1)nn2C1CCC2(CC1)CN(C1CN(c3cc4c(cc3F)C(=O)N(C3CCC(=O)NC3=O)C4=O)C1)C2. The van der Waals surface area contributed by atoms with E-state index in [0.717, 1.165) is 83.5 Å². The highest BCUT2D eigenvalue weighted by molar-refractivity contribution is 6.23.